The largest absolute Gasteiger partial charge is 0.384 e. The quantitative estimate of drug-likeness (QED) is 0.738. The Bertz CT molecular complexity index is 701. The first-order valence-corrected chi connectivity index (χ1v) is 9.91. The molecule has 2 atom stereocenters. The molecular formula is C21H29N3O4. The Morgan fingerprint density at radius 1 is 1.11 bits per heavy atom. The standard InChI is InChI=1S/C21H29N3O4/c1-16(17-6-4-3-5-7-17)24-15-18(14-20(24)26)21(27)23-11-9-22(10-12-23)19(25)8-13-28-2/h3-7,16,18H,8-15H2,1-2H3. The molecule has 0 aliphatic carbocycles. The van der Waals surface area contributed by atoms with Gasteiger partial charge in [0.15, 0.2) is 0 Å². The Hall–Kier alpha value is -2.41. The van der Waals surface area contributed by atoms with E-state index in [4.69, 9.17) is 4.74 Å². The number of benzene rings is 1. The van der Waals surface area contributed by atoms with Crippen LogP contribution in [0.15, 0.2) is 30.3 Å². The van der Waals surface area contributed by atoms with Crippen LogP contribution < -0.4 is 0 Å². The van der Waals surface area contributed by atoms with Gasteiger partial charge in [-0.15, -0.1) is 0 Å². The van der Waals surface area contributed by atoms with Crippen molar-refractivity contribution in [2.24, 2.45) is 5.92 Å². The number of rotatable bonds is 6. The average molecular weight is 387 g/mol. The molecule has 0 N–H and O–H groups in total. The zero-order chi connectivity index (χ0) is 20.1. The van der Waals surface area contributed by atoms with Crippen molar-refractivity contribution in [2.45, 2.75) is 25.8 Å². The van der Waals surface area contributed by atoms with Gasteiger partial charge < -0.3 is 19.4 Å². The van der Waals surface area contributed by atoms with Crippen LogP contribution in [0.2, 0.25) is 0 Å². The van der Waals surface area contributed by atoms with E-state index in [-0.39, 0.29) is 36.1 Å². The van der Waals surface area contributed by atoms with E-state index in [1.165, 1.54) is 0 Å². The molecule has 0 spiro atoms. The van der Waals surface area contributed by atoms with Gasteiger partial charge in [-0.1, -0.05) is 30.3 Å². The molecule has 2 aliphatic heterocycles. The molecule has 2 saturated heterocycles. The summed E-state index contributed by atoms with van der Waals surface area (Å²) in [4.78, 5) is 42.9. The van der Waals surface area contributed by atoms with Gasteiger partial charge in [-0.05, 0) is 12.5 Å². The highest BCUT2D eigenvalue weighted by Gasteiger charge is 2.39. The monoisotopic (exact) mass is 387 g/mol. The maximum absolute atomic E-state index is 12.9. The lowest BCUT2D eigenvalue weighted by molar-refractivity contribution is -0.142. The maximum atomic E-state index is 12.9. The van der Waals surface area contributed by atoms with Crippen LogP contribution in [0, 0.1) is 5.92 Å². The Kier molecular flexibility index (Phi) is 6.67. The van der Waals surface area contributed by atoms with Gasteiger partial charge in [-0.3, -0.25) is 14.4 Å². The minimum absolute atomic E-state index is 0.0279. The summed E-state index contributed by atoms with van der Waals surface area (Å²) in [5, 5.41) is 0. The molecule has 2 fully saturated rings. The van der Waals surface area contributed by atoms with Gasteiger partial charge >= 0.3 is 0 Å². The van der Waals surface area contributed by atoms with Crippen LogP contribution in [0.3, 0.4) is 0 Å². The zero-order valence-electron chi connectivity index (χ0n) is 16.7. The average Bonchev–Trinajstić information content (AvgIpc) is 3.13. The van der Waals surface area contributed by atoms with Gasteiger partial charge in [-0.25, -0.2) is 0 Å². The number of hydrogen-bond acceptors (Lipinski definition) is 4. The Balaban J connectivity index is 1.53. The molecule has 2 unspecified atom stereocenters. The van der Waals surface area contributed by atoms with Crippen molar-refractivity contribution < 1.29 is 19.1 Å². The predicted octanol–water partition coefficient (Wildman–Crippen LogP) is 1.30. The molecular weight excluding hydrogens is 358 g/mol. The van der Waals surface area contributed by atoms with E-state index in [2.05, 4.69) is 0 Å². The molecule has 152 valence electrons. The molecule has 28 heavy (non-hydrogen) atoms. The molecule has 3 rings (SSSR count). The predicted molar refractivity (Wildman–Crippen MR) is 104 cm³/mol. The van der Waals surface area contributed by atoms with Crippen molar-refractivity contribution in [1.82, 2.24) is 14.7 Å². The smallest absolute Gasteiger partial charge is 0.228 e. The Morgan fingerprint density at radius 3 is 2.39 bits per heavy atom. The molecule has 7 nitrogen and oxygen atoms in total. The van der Waals surface area contributed by atoms with E-state index >= 15 is 0 Å². The number of carbonyl (C=O) groups is 3. The summed E-state index contributed by atoms with van der Waals surface area (Å²) in [5.41, 5.74) is 1.08. The lowest BCUT2D eigenvalue weighted by atomic mass is 10.1. The second kappa shape index (κ2) is 9.19. The first-order chi connectivity index (χ1) is 13.5. The number of piperazine rings is 1. The van der Waals surface area contributed by atoms with E-state index in [9.17, 15) is 14.4 Å². The summed E-state index contributed by atoms with van der Waals surface area (Å²) >= 11 is 0. The highest BCUT2D eigenvalue weighted by atomic mass is 16.5. The lowest BCUT2D eigenvalue weighted by Gasteiger charge is -2.36. The molecule has 7 heteroatoms. The molecule has 0 radical (unpaired) electrons. The van der Waals surface area contributed by atoms with Gasteiger partial charge in [0, 0.05) is 46.3 Å². The second-order valence-electron chi connectivity index (χ2n) is 7.48. The number of likely N-dealkylation sites (tertiary alicyclic amines) is 1. The topological polar surface area (TPSA) is 70.2 Å². The van der Waals surface area contributed by atoms with Crippen LogP contribution in [-0.2, 0) is 19.1 Å². The van der Waals surface area contributed by atoms with Crippen molar-refractivity contribution in [2.75, 3.05) is 46.4 Å². The lowest BCUT2D eigenvalue weighted by Crippen LogP contribution is -2.52. The summed E-state index contributed by atoms with van der Waals surface area (Å²) < 4.78 is 4.95. The fourth-order valence-corrected chi connectivity index (χ4v) is 3.96. The molecule has 0 bridgehead atoms. The summed E-state index contributed by atoms with van der Waals surface area (Å²) in [6, 6.07) is 9.85. The number of ether oxygens (including phenoxy) is 1. The van der Waals surface area contributed by atoms with Crippen molar-refractivity contribution in [3.63, 3.8) is 0 Å². The molecule has 0 aromatic heterocycles. The van der Waals surface area contributed by atoms with Gasteiger partial charge in [-0.2, -0.15) is 0 Å². The first kappa shape index (κ1) is 20.3. The summed E-state index contributed by atoms with van der Waals surface area (Å²) in [7, 11) is 1.58. The van der Waals surface area contributed by atoms with Gasteiger partial charge in [0.25, 0.3) is 0 Å². The van der Waals surface area contributed by atoms with Gasteiger partial charge in [0.2, 0.25) is 17.7 Å². The molecule has 2 heterocycles. The van der Waals surface area contributed by atoms with Crippen molar-refractivity contribution in [3.05, 3.63) is 35.9 Å². The van der Waals surface area contributed by atoms with E-state index in [1.54, 1.807) is 16.9 Å². The first-order valence-electron chi connectivity index (χ1n) is 9.91. The van der Waals surface area contributed by atoms with E-state index in [1.807, 2.05) is 42.2 Å². The molecule has 0 saturated carbocycles. The van der Waals surface area contributed by atoms with E-state index in [0.717, 1.165) is 5.56 Å². The van der Waals surface area contributed by atoms with Gasteiger partial charge in [0.1, 0.15) is 0 Å². The van der Waals surface area contributed by atoms with Gasteiger partial charge in [0.05, 0.1) is 25.0 Å². The third kappa shape index (κ3) is 4.52. The minimum atomic E-state index is -0.297. The van der Waals surface area contributed by atoms with Crippen molar-refractivity contribution in [1.29, 1.82) is 0 Å². The number of amides is 3. The molecule has 1 aromatic rings. The van der Waals surface area contributed by atoms with Crippen LogP contribution in [0.5, 0.6) is 0 Å². The van der Waals surface area contributed by atoms with Crippen LogP contribution in [0.4, 0.5) is 0 Å². The van der Waals surface area contributed by atoms with Crippen molar-refractivity contribution >= 4 is 17.7 Å². The van der Waals surface area contributed by atoms with E-state index < -0.39 is 0 Å². The highest BCUT2D eigenvalue weighted by Crippen LogP contribution is 2.29. The highest BCUT2D eigenvalue weighted by molar-refractivity contribution is 5.89. The van der Waals surface area contributed by atoms with Crippen LogP contribution >= 0.6 is 0 Å². The molecule has 3 amide bonds. The van der Waals surface area contributed by atoms with Crippen LogP contribution in [-0.4, -0.2) is 78.9 Å². The third-order valence-electron chi connectivity index (χ3n) is 5.72. The molecule has 1 aromatic carbocycles. The number of nitrogens with zero attached hydrogens (tertiary/aromatic N) is 3. The SMILES string of the molecule is COCCC(=O)N1CCN(C(=O)C2CC(=O)N(C(C)c3ccccc3)C2)CC1. The Labute approximate surface area is 166 Å². The maximum Gasteiger partial charge on any atom is 0.228 e. The fourth-order valence-electron chi connectivity index (χ4n) is 3.96. The molecule has 2 aliphatic rings. The minimum Gasteiger partial charge on any atom is -0.384 e. The summed E-state index contributed by atoms with van der Waals surface area (Å²) in [6.45, 7) is 5.01. The Morgan fingerprint density at radius 2 is 1.75 bits per heavy atom. The summed E-state index contributed by atoms with van der Waals surface area (Å²) in [6.07, 6.45) is 0.636. The fraction of sp³-hybridized carbons (Fsp3) is 0.571. The zero-order valence-corrected chi connectivity index (χ0v) is 16.7. The third-order valence-corrected chi connectivity index (χ3v) is 5.72. The normalized spacial score (nSPS) is 21.1. The van der Waals surface area contributed by atoms with Crippen molar-refractivity contribution in [3.8, 4) is 0 Å². The number of hydrogen-bond donors (Lipinski definition) is 0. The number of carbonyl (C=O) groups excluding carboxylic acids is 3. The number of methoxy groups -OCH3 is 1. The van der Waals surface area contributed by atoms with Crippen LogP contribution in [0.1, 0.15) is 31.4 Å². The summed E-state index contributed by atoms with van der Waals surface area (Å²) in [5.74, 6) is -0.176. The second-order valence-corrected chi connectivity index (χ2v) is 7.48. The van der Waals surface area contributed by atoms with Crippen LogP contribution in [0.25, 0.3) is 0 Å². The van der Waals surface area contributed by atoms with E-state index in [0.29, 0.717) is 45.8 Å².